The average Bonchev–Trinajstić information content (AvgIpc) is 2.74. The molecule has 2 rings (SSSR count). The molecule has 0 unspecified atom stereocenters. The first-order valence-electron chi connectivity index (χ1n) is 7.31. The lowest BCUT2D eigenvalue weighted by molar-refractivity contribution is -0.156. The number of benzene rings is 1. The number of methoxy groups -OCH3 is 1. The van der Waals surface area contributed by atoms with Crippen molar-refractivity contribution in [2.24, 2.45) is 0 Å². The number of hydrogen-bond donors (Lipinski definition) is 0. The van der Waals surface area contributed by atoms with Crippen molar-refractivity contribution in [2.75, 3.05) is 13.7 Å². The van der Waals surface area contributed by atoms with Crippen molar-refractivity contribution in [1.82, 2.24) is 4.90 Å². The summed E-state index contributed by atoms with van der Waals surface area (Å²) in [6.45, 7) is 4.79. The Hall–Kier alpha value is -2.28. The number of carbonyl (C=O) groups is 3. The maximum Gasteiger partial charge on any atom is 0.326 e. The molecule has 1 fully saturated rings. The Balaban J connectivity index is 2.10. The lowest BCUT2D eigenvalue weighted by atomic mass is 10.2. The van der Waals surface area contributed by atoms with Crippen LogP contribution in [0.2, 0.25) is 0 Å². The van der Waals surface area contributed by atoms with E-state index in [4.69, 9.17) is 9.47 Å². The highest BCUT2D eigenvalue weighted by Crippen LogP contribution is 2.32. The highest BCUT2D eigenvalue weighted by molar-refractivity contribution is 8.18. The van der Waals surface area contributed by atoms with Gasteiger partial charge in [0.05, 0.1) is 12.0 Å². The van der Waals surface area contributed by atoms with Gasteiger partial charge in [-0.15, -0.1) is 0 Å². The monoisotopic (exact) mass is 349 g/mol. The molecule has 1 aliphatic rings. The van der Waals surface area contributed by atoms with Gasteiger partial charge >= 0.3 is 5.97 Å². The largest absolute Gasteiger partial charge is 0.497 e. The Morgan fingerprint density at radius 1 is 1.21 bits per heavy atom. The van der Waals surface area contributed by atoms with Crippen molar-refractivity contribution >= 4 is 35.0 Å². The molecule has 24 heavy (non-hydrogen) atoms. The number of ether oxygens (including phenoxy) is 2. The van der Waals surface area contributed by atoms with Crippen molar-refractivity contribution in [2.45, 2.75) is 26.4 Å². The summed E-state index contributed by atoms with van der Waals surface area (Å²) in [5.41, 5.74) is 0.0937. The molecule has 128 valence electrons. The first kappa shape index (κ1) is 18.1. The lowest BCUT2D eigenvalue weighted by Gasteiger charge is -2.21. The molecule has 0 bridgehead atoms. The first-order valence-corrected chi connectivity index (χ1v) is 8.12. The molecule has 0 N–H and O–H groups in total. The standard InChI is InChI=1S/C17H19NO5S/c1-17(2,3)23-14(19)10-18-15(20)13(24-16(18)21)9-11-5-7-12(22-4)8-6-11/h5-9H,10H2,1-4H3. The predicted octanol–water partition coefficient (Wildman–Crippen LogP) is 3.07. The molecule has 0 spiro atoms. The van der Waals surface area contributed by atoms with E-state index in [9.17, 15) is 14.4 Å². The summed E-state index contributed by atoms with van der Waals surface area (Å²) in [5, 5.41) is -0.481. The van der Waals surface area contributed by atoms with Crippen molar-refractivity contribution < 1.29 is 23.9 Å². The Bertz CT molecular complexity index is 688. The van der Waals surface area contributed by atoms with Crippen LogP contribution in [0.3, 0.4) is 0 Å². The molecule has 7 heteroatoms. The lowest BCUT2D eigenvalue weighted by Crippen LogP contribution is -2.37. The average molecular weight is 349 g/mol. The maximum atomic E-state index is 12.3. The third-order valence-corrected chi connectivity index (χ3v) is 3.90. The van der Waals surface area contributed by atoms with Crippen LogP contribution in [-0.2, 0) is 14.3 Å². The van der Waals surface area contributed by atoms with E-state index in [1.165, 1.54) is 0 Å². The van der Waals surface area contributed by atoms with E-state index in [1.54, 1.807) is 58.2 Å². The SMILES string of the molecule is COc1ccc(C=C2SC(=O)N(CC(=O)OC(C)(C)C)C2=O)cc1. The summed E-state index contributed by atoms with van der Waals surface area (Å²) in [6.07, 6.45) is 1.61. The van der Waals surface area contributed by atoms with Gasteiger partial charge in [-0.1, -0.05) is 12.1 Å². The summed E-state index contributed by atoms with van der Waals surface area (Å²) >= 11 is 0.806. The third-order valence-electron chi connectivity index (χ3n) is 2.99. The van der Waals surface area contributed by atoms with Crippen molar-refractivity contribution in [3.05, 3.63) is 34.7 Å². The van der Waals surface area contributed by atoms with Crippen LogP contribution in [0.15, 0.2) is 29.2 Å². The molecule has 0 aromatic heterocycles. The molecule has 0 aliphatic carbocycles. The van der Waals surface area contributed by atoms with Gasteiger partial charge < -0.3 is 9.47 Å². The second kappa shape index (κ2) is 7.09. The zero-order valence-electron chi connectivity index (χ0n) is 14.0. The van der Waals surface area contributed by atoms with Crippen LogP contribution < -0.4 is 4.74 Å². The molecule has 6 nitrogen and oxygen atoms in total. The highest BCUT2D eigenvalue weighted by Gasteiger charge is 2.37. The van der Waals surface area contributed by atoms with Gasteiger partial charge in [-0.3, -0.25) is 19.3 Å². The molecule has 1 heterocycles. The predicted molar refractivity (Wildman–Crippen MR) is 91.5 cm³/mol. The Morgan fingerprint density at radius 2 is 1.83 bits per heavy atom. The molecule has 1 aromatic carbocycles. The van der Waals surface area contributed by atoms with Crippen molar-refractivity contribution in [3.63, 3.8) is 0 Å². The number of imide groups is 1. The summed E-state index contributed by atoms with van der Waals surface area (Å²) < 4.78 is 10.2. The molecular formula is C17H19NO5S. The maximum absolute atomic E-state index is 12.3. The van der Waals surface area contributed by atoms with Gasteiger partial charge in [-0.2, -0.15) is 0 Å². The van der Waals surface area contributed by atoms with Crippen LogP contribution in [0.25, 0.3) is 6.08 Å². The first-order chi connectivity index (χ1) is 11.2. The van der Waals surface area contributed by atoms with Gasteiger partial charge in [0.2, 0.25) is 0 Å². The number of nitrogens with zero attached hydrogens (tertiary/aromatic N) is 1. The van der Waals surface area contributed by atoms with Gasteiger partial charge in [0.25, 0.3) is 11.1 Å². The Morgan fingerprint density at radius 3 is 2.38 bits per heavy atom. The molecule has 2 amide bonds. The fourth-order valence-corrected chi connectivity index (χ4v) is 2.83. The van der Waals surface area contributed by atoms with Crippen LogP contribution in [-0.4, -0.2) is 41.3 Å². The summed E-state index contributed by atoms with van der Waals surface area (Å²) in [6, 6.07) is 7.08. The van der Waals surface area contributed by atoms with E-state index in [1.807, 2.05) is 0 Å². The Kier molecular flexibility index (Phi) is 5.33. The van der Waals surface area contributed by atoms with E-state index in [0.717, 1.165) is 22.2 Å². The van der Waals surface area contributed by atoms with Crippen LogP contribution in [0.1, 0.15) is 26.3 Å². The minimum atomic E-state index is -0.669. The van der Waals surface area contributed by atoms with Gasteiger partial charge in [-0.25, -0.2) is 0 Å². The third kappa shape index (κ3) is 4.61. The van der Waals surface area contributed by atoms with Gasteiger partial charge in [0, 0.05) is 0 Å². The van der Waals surface area contributed by atoms with Crippen molar-refractivity contribution in [1.29, 1.82) is 0 Å². The summed E-state index contributed by atoms with van der Waals surface area (Å²) in [5.74, 6) is -0.410. The van der Waals surface area contributed by atoms with Crippen LogP contribution in [0.5, 0.6) is 5.75 Å². The molecule has 0 saturated carbocycles. The number of amides is 2. The van der Waals surface area contributed by atoms with E-state index >= 15 is 0 Å². The summed E-state index contributed by atoms with van der Waals surface area (Å²) in [7, 11) is 1.57. The van der Waals surface area contributed by atoms with E-state index in [2.05, 4.69) is 0 Å². The van der Waals surface area contributed by atoms with Crippen molar-refractivity contribution in [3.8, 4) is 5.75 Å². The van der Waals surface area contributed by atoms with E-state index in [-0.39, 0.29) is 11.4 Å². The van der Waals surface area contributed by atoms with Crippen LogP contribution in [0, 0.1) is 0 Å². The number of carbonyl (C=O) groups excluding carboxylic acids is 3. The molecule has 1 saturated heterocycles. The van der Waals surface area contributed by atoms with E-state index in [0.29, 0.717) is 5.75 Å². The normalized spacial score (nSPS) is 16.7. The highest BCUT2D eigenvalue weighted by atomic mass is 32.2. The smallest absolute Gasteiger partial charge is 0.326 e. The van der Waals surface area contributed by atoms with Crippen LogP contribution in [0.4, 0.5) is 4.79 Å². The number of thioether (sulfide) groups is 1. The summed E-state index contributed by atoms with van der Waals surface area (Å²) in [4.78, 5) is 37.3. The number of esters is 1. The molecule has 0 atom stereocenters. The quantitative estimate of drug-likeness (QED) is 0.614. The number of rotatable bonds is 4. The zero-order chi connectivity index (χ0) is 17.9. The fraction of sp³-hybridized carbons (Fsp3) is 0.353. The minimum Gasteiger partial charge on any atom is -0.497 e. The van der Waals surface area contributed by atoms with E-state index < -0.39 is 22.7 Å². The molecule has 1 aromatic rings. The van der Waals surface area contributed by atoms with Crippen LogP contribution >= 0.6 is 11.8 Å². The zero-order valence-corrected chi connectivity index (χ0v) is 14.8. The minimum absolute atomic E-state index is 0.272. The van der Waals surface area contributed by atoms with Gasteiger partial charge in [0.15, 0.2) is 0 Å². The number of hydrogen-bond acceptors (Lipinski definition) is 6. The Labute approximate surface area is 144 Å². The second-order valence-electron chi connectivity index (χ2n) is 6.13. The second-order valence-corrected chi connectivity index (χ2v) is 7.12. The topological polar surface area (TPSA) is 72.9 Å². The molecule has 0 radical (unpaired) electrons. The van der Waals surface area contributed by atoms with Gasteiger partial charge in [0.1, 0.15) is 17.9 Å². The van der Waals surface area contributed by atoms with Gasteiger partial charge in [-0.05, 0) is 56.3 Å². The molecular weight excluding hydrogens is 330 g/mol. The molecule has 1 aliphatic heterocycles. The fourth-order valence-electron chi connectivity index (χ4n) is 1.99.